The van der Waals surface area contributed by atoms with E-state index in [-0.39, 0.29) is 23.7 Å². The standard InChI is InChI=1S/C36H40ClFN8O2/c1-36(2,3)48-35(47)46-19-18-45(21-25(46)12-15-39)33-27-20-40-31(26-8-4-6-22-7-5-9-28(37)29(22)26)30(38)32(27)42-34(43-33)41-23-13-16-44(17-14-23)24-10-11-24/h4-9,20,23-25H,10-14,16-19,21H2,1-3H3,(H,41,42,43)/t25-/m0/s1. The summed E-state index contributed by atoms with van der Waals surface area (Å²) in [7, 11) is 0. The van der Waals surface area contributed by atoms with Crippen molar-refractivity contribution >= 4 is 51.1 Å². The molecule has 250 valence electrons. The molecule has 2 saturated heterocycles. The Balaban J connectivity index is 1.28. The molecule has 1 aliphatic carbocycles. The second-order valence-electron chi connectivity index (χ2n) is 14.0. The van der Waals surface area contributed by atoms with Crippen molar-refractivity contribution in [3.05, 3.63) is 53.4 Å². The van der Waals surface area contributed by atoms with Crippen LogP contribution in [0, 0.1) is 17.1 Å². The molecule has 0 radical (unpaired) electrons. The summed E-state index contributed by atoms with van der Waals surface area (Å²) < 4.78 is 22.5. The van der Waals surface area contributed by atoms with Crippen LogP contribution >= 0.6 is 11.6 Å². The lowest BCUT2D eigenvalue weighted by Gasteiger charge is -2.41. The van der Waals surface area contributed by atoms with Crippen molar-refractivity contribution in [3.8, 4) is 17.3 Å². The Kier molecular flexibility index (Phi) is 8.73. The molecule has 2 aromatic heterocycles. The summed E-state index contributed by atoms with van der Waals surface area (Å²) in [6.07, 6.45) is 5.73. The number of hydrogen-bond acceptors (Lipinski definition) is 9. The van der Waals surface area contributed by atoms with E-state index in [1.54, 1.807) is 17.2 Å². The first-order valence-electron chi connectivity index (χ1n) is 16.8. The van der Waals surface area contributed by atoms with Crippen LogP contribution in [0.5, 0.6) is 0 Å². The molecule has 3 fully saturated rings. The van der Waals surface area contributed by atoms with E-state index in [1.165, 1.54) is 12.8 Å². The SMILES string of the molecule is CC(C)(C)OC(=O)N1CCN(c2nc(NC3CCN(C4CC4)CC3)nc3c(F)c(-c4cccc5cccc(Cl)c45)ncc23)C[C@@H]1CC#N. The number of ether oxygens (including phenoxy) is 1. The topological polar surface area (TPSA) is 111 Å². The van der Waals surface area contributed by atoms with E-state index in [4.69, 9.17) is 26.3 Å². The van der Waals surface area contributed by atoms with E-state index >= 15 is 4.39 Å². The molecule has 1 saturated carbocycles. The van der Waals surface area contributed by atoms with Crippen molar-refractivity contribution in [2.24, 2.45) is 0 Å². The van der Waals surface area contributed by atoms with Crippen LogP contribution in [-0.4, -0.2) is 87.3 Å². The van der Waals surface area contributed by atoms with Crippen LogP contribution in [0.15, 0.2) is 42.6 Å². The maximum absolute atomic E-state index is 16.8. The van der Waals surface area contributed by atoms with Gasteiger partial charge in [0.2, 0.25) is 5.95 Å². The molecular formula is C36H40ClFN8O2. The lowest BCUT2D eigenvalue weighted by molar-refractivity contribution is 0.0145. The molecule has 0 unspecified atom stereocenters. The Morgan fingerprint density at radius 3 is 2.54 bits per heavy atom. The van der Waals surface area contributed by atoms with Gasteiger partial charge in [-0.15, -0.1) is 0 Å². The number of rotatable bonds is 6. The van der Waals surface area contributed by atoms with E-state index in [0.717, 1.165) is 42.7 Å². The second kappa shape index (κ2) is 13.0. The van der Waals surface area contributed by atoms with E-state index in [9.17, 15) is 10.1 Å². The molecular weight excluding hydrogens is 631 g/mol. The molecule has 1 N–H and O–H groups in total. The van der Waals surface area contributed by atoms with Crippen LogP contribution in [0.2, 0.25) is 5.02 Å². The van der Waals surface area contributed by atoms with Gasteiger partial charge in [0.25, 0.3) is 0 Å². The van der Waals surface area contributed by atoms with E-state index in [1.807, 2.05) is 56.0 Å². The Labute approximate surface area is 284 Å². The zero-order chi connectivity index (χ0) is 33.6. The van der Waals surface area contributed by atoms with Gasteiger partial charge in [-0.3, -0.25) is 4.98 Å². The summed E-state index contributed by atoms with van der Waals surface area (Å²) in [5.74, 6) is 0.301. The van der Waals surface area contributed by atoms with Crippen molar-refractivity contribution in [2.75, 3.05) is 42.9 Å². The van der Waals surface area contributed by atoms with Gasteiger partial charge in [-0.25, -0.2) is 14.2 Å². The molecule has 0 spiro atoms. The minimum Gasteiger partial charge on any atom is -0.444 e. The number of nitrogens with zero attached hydrogens (tertiary/aromatic N) is 7. The Morgan fingerprint density at radius 2 is 1.83 bits per heavy atom. The zero-order valence-electron chi connectivity index (χ0n) is 27.5. The average Bonchev–Trinajstić information content (AvgIpc) is 3.90. The quantitative estimate of drug-likeness (QED) is 0.231. The lowest BCUT2D eigenvalue weighted by Crippen LogP contribution is -2.56. The van der Waals surface area contributed by atoms with Crippen molar-refractivity contribution in [3.63, 3.8) is 0 Å². The summed E-state index contributed by atoms with van der Waals surface area (Å²) in [4.78, 5) is 33.6. The maximum Gasteiger partial charge on any atom is 0.410 e. The monoisotopic (exact) mass is 670 g/mol. The molecule has 4 heterocycles. The molecule has 48 heavy (non-hydrogen) atoms. The van der Waals surface area contributed by atoms with Gasteiger partial charge in [-0.1, -0.05) is 41.9 Å². The van der Waals surface area contributed by atoms with Crippen molar-refractivity contribution in [1.82, 2.24) is 24.8 Å². The highest BCUT2D eigenvalue weighted by atomic mass is 35.5. The van der Waals surface area contributed by atoms with Crippen LogP contribution in [0.1, 0.15) is 52.9 Å². The molecule has 1 atom stereocenters. The number of aromatic nitrogens is 3. The molecule has 0 bridgehead atoms. The Hall–Kier alpha value is -4.27. The van der Waals surface area contributed by atoms with E-state index in [2.05, 4.69) is 21.3 Å². The van der Waals surface area contributed by atoms with Gasteiger partial charge in [-0.2, -0.15) is 10.2 Å². The van der Waals surface area contributed by atoms with E-state index in [0.29, 0.717) is 47.4 Å². The van der Waals surface area contributed by atoms with Gasteiger partial charge < -0.3 is 24.8 Å². The lowest BCUT2D eigenvalue weighted by atomic mass is 10.0. The number of benzene rings is 2. The third-order valence-corrected chi connectivity index (χ3v) is 9.75. The minimum absolute atomic E-state index is 0.113. The normalized spacial score (nSPS) is 19.5. The van der Waals surface area contributed by atoms with Crippen LogP contribution in [0.25, 0.3) is 32.9 Å². The number of nitrogens with one attached hydrogen (secondary N) is 1. The number of anilines is 2. The molecule has 12 heteroatoms. The predicted octanol–water partition coefficient (Wildman–Crippen LogP) is 7.02. The van der Waals surface area contributed by atoms with Crippen LogP contribution in [0.3, 0.4) is 0 Å². The molecule has 1 amide bonds. The molecule has 2 aromatic carbocycles. The Bertz CT molecular complexity index is 1890. The number of carbonyl (C=O) groups excluding carboxylic acids is 1. The number of carbonyl (C=O) groups is 1. The van der Waals surface area contributed by atoms with Crippen LogP contribution in [0.4, 0.5) is 21.0 Å². The van der Waals surface area contributed by atoms with Gasteiger partial charge >= 0.3 is 6.09 Å². The first-order valence-corrected chi connectivity index (χ1v) is 17.1. The van der Waals surface area contributed by atoms with Crippen LogP contribution < -0.4 is 10.2 Å². The molecule has 4 aromatic rings. The first-order chi connectivity index (χ1) is 23.1. The average molecular weight is 671 g/mol. The number of halogens is 2. The van der Waals surface area contributed by atoms with Crippen molar-refractivity contribution in [1.29, 1.82) is 5.26 Å². The minimum atomic E-state index is -0.668. The van der Waals surface area contributed by atoms with Crippen molar-refractivity contribution in [2.45, 2.75) is 76.6 Å². The maximum atomic E-state index is 16.8. The molecule has 3 aliphatic rings. The zero-order valence-corrected chi connectivity index (χ0v) is 28.3. The fourth-order valence-electron chi connectivity index (χ4n) is 6.95. The number of pyridine rings is 1. The summed E-state index contributed by atoms with van der Waals surface area (Å²) in [6, 6.07) is 13.9. The highest BCUT2D eigenvalue weighted by molar-refractivity contribution is 6.36. The predicted molar refractivity (Wildman–Crippen MR) is 186 cm³/mol. The summed E-state index contributed by atoms with van der Waals surface area (Å²) in [6.45, 7) is 8.53. The van der Waals surface area contributed by atoms with Crippen LogP contribution in [-0.2, 0) is 4.74 Å². The number of piperazine rings is 1. The number of fused-ring (bicyclic) bond motifs is 2. The van der Waals surface area contributed by atoms with Gasteiger partial charge in [0, 0.05) is 67.0 Å². The number of likely N-dealkylation sites (tertiary alicyclic amines) is 1. The number of nitriles is 1. The number of piperidine rings is 1. The fourth-order valence-corrected chi connectivity index (χ4v) is 7.23. The molecule has 10 nitrogen and oxygen atoms in total. The molecule has 2 aliphatic heterocycles. The fraction of sp³-hybridized carbons (Fsp3) is 0.472. The van der Waals surface area contributed by atoms with Gasteiger partial charge in [0.15, 0.2) is 5.82 Å². The van der Waals surface area contributed by atoms with E-state index < -0.39 is 23.6 Å². The Morgan fingerprint density at radius 1 is 1.08 bits per heavy atom. The first kappa shape index (κ1) is 32.3. The van der Waals surface area contributed by atoms with Crippen molar-refractivity contribution < 1.29 is 13.9 Å². The number of amides is 1. The number of hydrogen-bond donors (Lipinski definition) is 1. The molecule has 7 rings (SSSR count). The second-order valence-corrected chi connectivity index (χ2v) is 14.4. The third-order valence-electron chi connectivity index (χ3n) is 9.44. The summed E-state index contributed by atoms with van der Waals surface area (Å²) >= 11 is 6.63. The highest BCUT2D eigenvalue weighted by Gasteiger charge is 2.36. The summed E-state index contributed by atoms with van der Waals surface area (Å²) in [5.41, 5.74) is 0.225. The largest absolute Gasteiger partial charge is 0.444 e. The van der Waals surface area contributed by atoms with Gasteiger partial charge in [0.05, 0.1) is 23.9 Å². The smallest absolute Gasteiger partial charge is 0.410 e. The van der Waals surface area contributed by atoms with Gasteiger partial charge in [-0.05, 0) is 57.9 Å². The third kappa shape index (κ3) is 6.56. The summed E-state index contributed by atoms with van der Waals surface area (Å²) in [5, 5.41) is 15.8. The highest BCUT2D eigenvalue weighted by Crippen LogP contribution is 2.38. The van der Waals surface area contributed by atoms with Gasteiger partial charge in [0.1, 0.15) is 22.6 Å².